The summed E-state index contributed by atoms with van der Waals surface area (Å²) in [5.41, 5.74) is 2.90. The summed E-state index contributed by atoms with van der Waals surface area (Å²) >= 11 is 0. The summed E-state index contributed by atoms with van der Waals surface area (Å²) in [7, 11) is 0. The van der Waals surface area contributed by atoms with Crippen LogP contribution in [0.15, 0.2) is 36.5 Å². The van der Waals surface area contributed by atoms with Gasteiger partial charge < -0.3 is 14.6 Å². The van der Waals surface area contributed by atoms with E-state index in [2.05, 4.69) is 20.9 Å². The number of aromatic amines is 1. The molecule has 0 aliphatic carbocycles. The predicted molar refractivity (Wildman–Crippen MR) is 81.2 cm³/mol. The summed E-state index contributed by atoms with van der Waals surface area (Å²) in [6.07, 6.45) is 1.91. The topological polar surface area (TPSA) is 54.0 Å². The zero-order chi connectivity index (χ0) is 14.1. The smallest absolute Gasteiger partial charge is 0.162 e. The van der Waals surface area contributed by atoms with Gasteiger partial charge in [-0.3, -0.25) is 0 Å². The van der Waals surface area contributed by atoms with Gasteiger partial charge in [0.15, 0.2) is 11.6 Å². The number of rotatable bonds is 2. The highest BCUT2D eigenvalue weighted by Gasteiger charge is 2.18. The molecule has 0 amide bonds. The molecule has 105 valence electrons. The van der Waals surface area contributed by atoms with Gasteiger partial charge in [-0.2, -0.15) is 0 Å². The van der Waals surface area contributed by atoms with E-state index in [0.717, 1.165) is 54.5 Å². The van der Waals surface area contributed by atoms with E-state index < -0.39 is 0 Å². The molecular weight excluding hydrogens is 264 g/mol. The van der Waals surface area contributed by atoms with Crippen molar-refractivity contribution in [1.82, 2.24) is 15.0 Å². The minimum absolute atomic E-state index is 0.737. The standard InChI is InChI=1S/C16H15N4O/c1-2-4-12(5-3-1)15-18-13-6-7-17-14(13)16(19-15)20-8-10-21-11-9-20/h1-2,4-7,17H,8-11H2. The predicted octanol–water partition coefficient (Wildman–Crippen LogP) is 2.26. The fourth-order valence-corrected chi connectivity index (χ4v) is 2.59. The highest BCUT2D eigenvalue weighted by atomic mass is 16.5. The van der Waals surface area contributed by atoms with Gasteiger partial charge >= 0.3 is 0 Å². The normalized spacial score (nSPS) is 15.5. The van der Waals surface area contributed by atoms with Gasteiger partial charge in [0.1, 0.15) is 5.52 Å². The van der Waals surface area contributed by atoms with Crippen molar-refractivity contribution in [2.45, 2.75) is 0 Å². The van der Waals surface area contributed by atoms with Crippen molar-refractivity contribution in [3.05, 3.63) is 42.6 Å². The van der Waals surface area contributed by atoms with E-state index >= 15 is 0 Å². The van der Waals surface area contributed by atoms with Crippen LogP contribution in [0.4, 0.5) is 5.82 Å². The number of anilines is 1. The molecule has 4 rings (SSSR count). The number of benzene rings is 1. The summed E-state index contributed by atoms with van der Waals surface area (Å²) in [5, 5.41) is 0. The molecular formula is C16H15N4O. The Morgan fingerprint density at radius 3 is 2.90 bits per heavy atom. The molecule has 1 N–H and O–H groups in total. The Hall–Kier alpha value is -2.40. The molecule has 0 spiro atoms. The van der Waals surface area contributed by atoms with Crippen LogP contribution in [0.2, 0.25) is 0 Å². The number of nitrogens with zero attached hydrogens (tertiary/aromatic N) is 3. The van der Waals surface area contributed by atoms with Gasteiger partial charge in [0.05, 0.1) is 18.7 Å². The third-order valence-electron chi connectivity index (χ3n) is 3.66. The molecule has 1 aliphatic heterocycles. The molecule has 0 atom stereocenters. The fraction of sp³-hybridized carbons (Fsp3) is 0.250. The van der Waals surface area contributed by atoms with Crippen molar-refractivity contribution in [1.29, 1.82) is 0 Å². The van der Waals surface area contributed by atoms with E-state index in [0.29, 0.717) is 0 Å². The third kappa shape index (κ3) is 2.25. The number of morpholine rings is 1. The summed E-state index contributed by atoms with van der Waals surface area (Å²) in [6.45, 7) is 3.18. The molecule has 2 aromatic heterocycles. The molecule has 0 saturated carbocycles. The first-order chi connectivity index (χ1) is 10.4. The lowest BCUT2D eigenvalue weighted by atomic mass is 10.2. The van der Waals surface area contributed by atoms with E-state index in [4.69, 9.17) is 9.72 Å². The highest BCUT2D eigenvalue weighted by molar-refractivity contribution is 5.88. The number of hydrogen-bond donors (Lipinski definition) is 1. The lowest BCUT2D eigenvalue weighted by molar-refractivity contribution is 0.122. The Morgan fingerprint density at radius 1 is 1.19 bits per heavy atom. The van der Waals surface area contributed by atoms with E-state index in [1.54, 1.807) is 0 Å². The van der Waals surface area contributed by atoms with Crippen molar-refractivity contribution >= 4 is 16.9 Å². The number of aromatic nitrogens is 3. The Labute approximate surface area is 122 Å². The molecule has 0 bridgehead atoms. The van der Waals surface area contributed by atoms with Crippen molar-refractivity contribution in [2.75, 3.05) is 31.2 Å². The lowest BCUT2D eigenvalue weighted by Gasteiger charge is -2.28. The van der Waals surface area contributed by atoms with Crippen LogP contribution in [0.3, 0.4) is 0 Å². The van der Waals surface area contributed by atoms with Gasteiger partial charge in [-0.15, -0.1) is 0 Å². The van der Waals surface area contributed by atoms with E-state index in [-0.39, 0.29) is 0 Å². The largest absolute Gasteiger partial charge is 0.378 e. The minimum atomic E-state index is 0.737. The van der Waals surface area contributed by atoms with Crippen LogP contribution < -0.4 is 4.90 Å². The average Bonchev–Trinajstić information content (AvgIpc) is 3.04. The molecule has 1 saturated heterocycles. The van der Waals surface area contributed by atoms with Crippen LogP contribution >= 0.6 is 0 Å². The first kappa shape index (κ1) is 12.3. The van der Waals surface area contributed by atoms with Crippen LogP contribution in [-0.2, 0) is 4.74 Å². The van der Waals surface area contributed by atoms with Gasteiger partial charge in [0, 0.05) is 24.8 Å². The van der Waals surface area contributed by atoms with Crippen molar-refractivity contribution in [2.24, 2.45) is 0 Å². The minimum Gasteiger partial charge on any atom is -0.378 e. The maximum Gasteiger partial charge on any atom is 0.162 e. The summed E-state index contributed by atoms with van der Waals surface area (Å²) in [5.74, 6) is 1.69. The molecule has 5 nitrogen and oxygen atoms in total. The second-order valence-electron chi connectivity index (χ2n) is 5.00. The van der Waals surface area contributed by atoms with Gasteiger partial charge in [-0.05, 0) is 18.2 Å². The molecule has 3 heterocycles. The zero-order valence-electron chi connectivity index (χ0n) is 11.5. The summed E-state index contributed by atoms with van der Waals surface area (Å²) < 4.78 is 5.43. The third-order valence-corrected chi connectivity index (χ3v) is 3.66. The number of H-pyrrole nitrogens is 1. The first-order valence-electron chi connectivity index (χ1n) is 7.06. The Balaban J connectivity index is 1.86. The first-order valence-corrected chi connectivity index (χ1v) is 7.06. The second-order valence-corrected chi connectivity index (χ2v) is 5.00. The summed E-state index contributed by atoms with van der Waals surface area (Å²) in [6, 6.07) is 12.8. The van der Waals surface area contributed by atoms with E-state index in [1.165, 1.54) is 0 Å². The van der Waals surface area contributed by atoms with Crippen LogP contribution in [0.25, 0.3) is 22.4 Å². The molecule has 5 heteroatoms. The Morgan fingerprint density at radius 2 is 2.10 bits per heavy atom. The second kappa shape index (κ2) is 5.18. The maximum atomic E-state index is 5.43. The van der Waals surface area contributed by atoms with Crippen LogP contribution in [-0.4, -0.2) is 41.3 Å². The SMILES string of the molecule is [c]1cccc(-c2nc(N3CCOCC3)c3[nH]ccc3n2)c1. The van der Waals surface area contributed by atoms with Crippen LogP contribution in [0.1, 0.15) is 0 Å². The molecule has 1 radical (unpaired) electrons. The number of fused-ring (bicyclic) bond motifs is 1. The number of ether oxygens (including phenoxy) is 1. The fourth-order valence-electron chi connectivity index (χ4n) is 2.59. The van der Waals surface area contributed by atoms with Crippen LogP contribution in [0.5, 0.6) is 0 Å². The maximum absolute atomic E-state index is 5.43. The average molecular weight is 279 g/mol. The molecule has 1 fully saturated rings. The van der Waals surface area contributed by atoms with Gasteiger partial charge in [0.2, 0.25) is 0 Å². The van der Waals surface area contributed by atoms with E-state index in [9.17, 15) is 0 Å². The monoisotopic (exact) mass is 279 g/mol. The lowest BCUT2D eigenvalue weighted by Crippen LogP contribution is -2.37. The van der Waals surface area contributed by atoms with Crippen LogP contribution in [0, 0.1) is 6.07 Å². The Bertz CT molecular complexity index is 747. The number of hydrogen-bond acceptors (Lipinski definition) is 4. The summed E-state index contributed by atoms with van der Waals surface area (Å²) in [4.78, 5) is 14.9. The van der Waals surface area contributed by atoms with E-state index in [1.807, 2.05) is 36.5 Å². The van der Waals surface area contributed by atoms with Gasteiger partial charge in [-0.25, -0.2) is 9.97 Å². The van der Waals surface area contributed by atoms with Gasteiger partial charge in [0.25, 0.3) is 0 Å². The zero-order valence-corrected chi connectivity index (χ0v) is 11.5. The Kier molecular flexibility index (Phi) is 3.05. The number of nitrogens with one attached hydrogen (secondary N) is 1. The molecule has 3 aromatic rings. The molecule has 0 unspecified atom stereocenters. The highest BCUT2D eigenvalue weighted by Crippen LogP contribution is 2.26. The van der Waals surface area contributed by atoms with Gasteiger partial charge in [-0.1, -0.05) is 18.2 Å². The quantitative estimate of drug-likeness (QED) is 0.782. The van der Waals surface area contributed by atoms with Crippen molar-refractivity contribution in [3.63, 3.8) is 0 Å². The van der Waals surface area contributed by atoms with Crippen molar-refractivity contribution < 1.29 is 4.74 Å². The molecule has 21 heavy (non-hydrogen) atoms. The molecule has 1 aliphatic rings. The van der Waals surface area contributed by atoms with Crippen molar-refractivity contribution in [3.8, 4) is 11.4 Å². The molecule has 1 aromatic carbocycles.